The van der Waals surface area contributed by atoms with Crippen molar-refractivity contribution in [3.8, 4) is 6.07 Å². The van der Waals surface area contributed by atoms with Crippen LogP contribution in [0, 0.1) is 17.2 Å². The van der Waals surface area contributed by atoms with E-state index in [0.717, 1.165) is 25.7 Å². The van der Waals surface area contributed by atoms with E-state index in [1.165, 1.54) is 6.08 Å². The molecule has 1 aliphatic rings. The molecule has 4 heteroatoms. The van der Waals surface area contributed by atoms with Crippen molar-refractivity contribution >= 4 is 6.09 Å². The van der Waals surface area contributed by atoms with E-state index < -0.39 is 6.09 Å². The number of nitrogens with one attached hydrogen (secondary N) is 1. The smallest absolute Gasteiger partial charge is 0.405 e. The Hall–Kier alpha value is -1.50. The maximum atomic E-state index is 10.5. The fourth-order valence-corrected chi connectivity index (χ4v) is 1.93. The van der Waals surface area contributed by atoms with Crippen LogP contribution in [0.1, 0.15) is 25.7 Å². The summed E-state index contributed by atoms with van der Waals surface area (Å²) in [5.41, 5.74) is 0. The maximum absolute atomic E-state index is 10.5. The van der Waals surface area contributed by atoms with E-state index in [1.54, 1.807) is 6.08 Å². The van der Waals surface area contributed by atoms with E-state index in [1.807, 2.05) is 6.07 Å². The minimum Gasteiger partial charge on any atom is -0.465 e. The number of hydrogen-bond acceptors (Lipinski definition) is 2. The molecule has 1 atom stereocenters. The molecule has 1 aliphatic carbocycles. The number of hydrogen-bond donors (Lipinski definition) is 2. The summed E-state index contributed by atoms with van der Waals surface area (Å²) >= 11 is 0. The summed E-state index contributed by atoms with van der Waals surface area (Å²) in [7, 11) is 0. The molecule has 1 fully saturated rings. The predicted octanol–water partition coefficient (Wildman–Crippen LogP) is 1.89. The van der Waals surface area contributed by atoms with Crippen LogP contribution < -0.4 is 5.32 Å². The molecule has 1 rings (SSSR count). The molecule has 0 bridgehead atoms. The molecule has 0 aliphatic heterocycles. The van der Waals surface area contributed by atoms with Crippen molar-refractivity contribution in [2.75, 3.05) is 0 Å². The minimum absolute atomic E-state index is 0.199. The van der Waals surface area contributed by atoms with Gasteiger partial charge in [0.15, 0.2) is 0 Å². The molecular formula is C10H14N2O2. The van der Waals surface area contributed by atoms with Crippen molar-refractivity contribution in [2.45, 2.75) is 31.7 Å². The Labute approximate surface area is 83.2 Å². The predicted molar refractivity (Wildman–Crippen MR) is 51.7 cm³/mol. The Bertz CT molecular complexity index is 262. The molecule has 0 aromatic heterocycles. The zero-order chi connectivity index (χ0) is 10.4. The van der Waals surface area contributed by atoms with Gasteiger partial charge in [-0.1, -0.05) is 18.9 Å². The number of nitriles is 1. The van der Waals surface area contributed by atoms with Crippen molar-refractivity contribution in [1.29, 1.82) is 5.26 Å². The summed E-state index contributed by atoms with van der Waals surface area (Å²) in [6, 6.07) is 1.68. The molecule has 4 nitrogen and oxygen atoms in total. The number of nitrogens with zero attached hydrogens (tertiary/aromatic N) is 1. The van der Waals surface area contributed by atoms with Gasteiger partial charge in [-0.2, -0.15) is 5.26 Å². The first-order chi connectivity index (χ1) is 6.74. The van der Waals surface area contributed by atoms with Gasteiger partial charge in [0.25, 0.3) is 0 Å². The second-order valence-electron chi connectivity index (χ2n) is 3.51. The van der Waals surface area contributed by atoms with E-state index in [4.69, 9.17) is 10.4 Å². The number of carboxylic acid groups (broad SMARTS) is 1. The van der Waals surface area contributed by atoms with Crippen LogP contribution in [0.2, 0.25) is 0 Å². The van der Waals surface area contributed by atoms with Gasteiger partial charge in [0.2, 0.25) is 0 Å². The summed E-state index contributed by atoms with van der Waals surface area (Å²) in [4.78, 5) is 10.5. The first kappa shape index (κ1) is 10.6. The van der Waals surface area contributed by atoms with Crippen LogP contribution in [0.15, 0.2) is 12.2 Å². The third kappa shape index (κ3) is 3.09. The fraction of sp³-hybridized carbons (Fsp3) is 0.600. The van der Waals surface area contributed by atoms with Crippen molar-refractivity contribution in [1.82, 2.24) is 5.32 Å². The number of rotatable bonds is 3. The molecule has 0 aromatic carbocycles. The molecule has 76 valence electrons. The third-order valence-electron chi connectivity index (χ3n) is 2.58. The summed E-state index contributed by atoms with van der Waals surface area (Å²) in [6.45, 7) is 0. The molecule has 0 spiro atoms. The Balaban J connectivity index is 2.56. The van der Waals surface area contributed by atoms with E-state index in [9.17, 15) is 4.79 Å². The van der Waals surface area contributed by atoms with Crippen LogP contribution >= 0.6 is 0 Å². The molecule has 1 unspecified atom stereocenters. The molecule has 2 N–H and O–H groups in total. The number of amides is 1. The molecule has 0 heterocycles. The number of allylic oxidation sites excluding steroid dienone is 1. The third-order valence-corrected chi connectivity index (χ3v) is 2.58. The van der Waals surface area contributed by atoms with Gasteiger partial charge in [-0.3, -0.25) is 0 Å². The van der Waals surface area contributed by atoms with Crippen molar-refractivity contribution < 1.29 is 9.90 Å². The number of carbonyl (C=O) groups is 1. The minimum atomic E-state index is -1.02. The largest absolute Gasteiger partial charge is 0.465 e. The lowest BCUT2D eigenvalue weighted by atomic mass is 9.98. The van der Waals surface area contributed by atoms with Crippen LogP contribution in [0.4, 0.5) is 4.79 Å². The highest BCUT2D eigenvalue weighted by Gasteiger charge is 2.24. The van der Waals surface area contributed by atoms with E-state index in [0.29, 0.717) is 5.92 Å². The van der Waals surface area contributed by atoms with Crippen LogP contribution in [-0.4, -0.2) is 17.2 Å². The first-order valence-electron chi connectivity index (χ1n) is 4.80. The van der Waals surface area contributed by atoms with Crippen molar-refractivity contribution in [3.05, 3.63) is 12.2 Å². The Morgan fingerprint density at radius 2 is 2.21 bits per heavy atom. The van der Waals surface area contributed by atoms with Crippen LogP contribution in [0.3, 0.4) is 0 Å². The lowest BCUT2D eigenvalue weighted by molar-refractivity contribution is 0.188. The lowest BCUT2D eigenvalue weighted by Crippen LogP contribution is -2.37. The van der Waals surface area contributed by atoms with Gasteiger partial charge in [-0.25, -0.2) is 4.79 Å². The van der Waals surface area contributed by atoms with Crippen LogP contribution in [-0.2, 0) is 0 Å². The molecular weight excluding hydrogens is 180 g/mol. The standard InChI is InChI=1S/C10H14N2O2/c11-7-3-6-9(12-10(13)14)8-4-1-2-5-8/h3,6,8-9,12H,1-2,4-5H2,(H,13,14)/b6-3-. The SMILES string of the molecule is N#C/C=C\C(NC(=O)O)C1CCCC1. The average Bonchev–Trinajstić information content (AvgIpc) is 2.64. The van der Waals surface area contributed by atoms with Gasteiger partial charge in [0.1, 0.15) is 0 Å². The van der Waals surface area contributed by atoms with E-state index in [-0.39, 0.29) is 6.04 Å². The van der Waals surface area contributed by atoms with Gasteiger partial charge in [0, 0.05) is 6.08 Å². The molecule has 1 saturated carbocycles. The summed E-state index contributed by atoms with van der Waals surface area (Å²) in [6.07, 6.45) is 6.36. The van der Waals surface area contributed by atoms with Crippen LogP contribution in [0.5, 0.6) is 0 Å². The second-order valence-corrected chi connectivity index (χ2v) is 3.51. The summed E-state index contributed by atoms with van der Waals surface area (Å²) < 4.78 is 0. The van der Waals surface area contributed by atoms with Gasteiger partial charge >= 0.3 is 6.09 Å². The van der Waals surface area contributed by atoms with Crippen molar-refractivity contribution in [2.24, 2.45) is 5.92 Å². The highest BCUT2D eigenvalue weighted by atomic mass is 16.4. The molecule has 0 aromatic rings. The zero-order valence-corrected chi connectivity index (χ0v) is 7.94. The van der Waals surface area contributed by atoms with E-state index >= 15 is 0 Å². The van der Waals surface area contributed by atoms with Gasteiger partial charge < -0.3 is 10.4 Å². The summed E-state index contributed by atoms with van der Waals surface area (Å²) in [5, 5.41) is 19.4. The first-order valence-corrected chi connectivity index (χ1v) is 4.80. The van der Waals surface area contributed by atoms with Crippen molar-refractivity contribution in [3.63, 3.8) is 0 Å². The molecule has 1 amide bonds. The highest BCUT2D eigenvalue weighted by molar-refractivity contribution is 5.65. The van der Waals surface area contributed by atoms with Gasteiger partial charge in [0.05, 0.1) is 12.1 Å². The lowest BCUT2D eigenvalue weighted by Gasteiger charge is -2.19. The Kier molecular flexibility index (Phi) is 3.99. The zero-order valence-electron chi connectivity index (χ0n) is 7.94. The highest BCUT2D eigenvalue weighted by Crippen LogP contribution is 2.28. The fourth-order valence-electron chi connectivity index (χ4n) is 1.93. The Morgan fingerprint density at radius 3 is 2.71 bits per heavy atom. The average molecular weight is 194 g/mol. The normalized spacial score (nSPS) is 19.4. The molecule has 0 radical (unpaired) electrons. The van der Waals surface area contributed by atoms with E-state index in [2.05, 4.69) is 5.32 Å². The maximum Gasteiger partial charge on any atom is 0.405 e. The van der Waals surface area contributed by atoms with Gasteiger partial charge in [-0.05, 0) is 18.8 Å². The van der Waals surface area contributed by atoms with Gasteiger partial charge in [-0.15, -0.1) is 0 Å². The quantitative estimate of drug-likeness (QED) is 0.674. The topological polar surface area (TPSA) is 73.1 Å². The van der Waals surface area contributed by atoms with Crippen LogP contribution in [0.25, 0.3) is 0 Å². The Morgan fingerprint density at radius 1 is 1.57 bits per heavy atom. The second kappa shape index (κ2) is 5.28. The molecule has 14 heavy (non-hydrogen) atoms. The molecule has 0 saturated heterocycles. The monoisotopic (exact) mass is 194 g/mol. The summed E-state index contributed by atoms with van der Waals surface area (Å²) in [5.74, 6) is 0.357.